The van der Waals surface area contributed by atoms with Crippen LogP contribution >= 0.6 is 38.5 Å². The Bertz CT molecular complexity index is 617. The highest BCUT2D eigenvalue weighted by Gasteiger charge is 2.09. The van der Waals surface area contributed by atoms with Crippen LogP contribution in [0.15, 0.2) is 33.8 Å². The van der Waals surface area contributed by atoms with E-state index < -0.39 is 5.82 Å². The van der Waals surface area contributed by atoms with Gasteiger partial charge in [-0.2, -0.15) is 0 Å². The molecule has 7 heteroatoms. The number of ether oxygens (including phenoxy) is 1. The molecular weight excluding hydrogens is 406 g/mol. The van der Waals surface area contributed by atoms with Crippen molar-refractivity contribution >= 4 is 38.5 Å². The van der Waals surface area contributed by atoms with Gasteiger partial charge in [-0.3, -0.25) is 4.79 Å². The summed E-state index contributed by atoms with van der Waals surface area (Å²) in [7, 11) is 0. The highest BCUT2D eigenvalue weighted by Crippen LogP contribution is 2.25. The third-order valence-electron chi connectivity index (χ3n) is 1.87. The lowest BCUT2D eigenvalue weighted by Crippen LogP contribution is -2.11. The van der Waals surface area contributed by atoms with E-state index in [4.69, 9.17) is 4.74 Å². The molecule has 0 aliphatic carbocycles. The highest BCUT2D eigenvalue weighted by atomic mass is 127. The smallest absolute Gasteiger partial charge is 0.268 e. The fourth-order valence-corrected chi connectivity index (χ4v) is 1.74. The monoisotopic (exact) mass is 410 g/mol. The number of aromatic nitrogens is 2. The summed E-state index contributed by atoms with van der Waals surface area (Å²) in [5.74, 6) is -0.0138. The number of nitrogens with zero attached hydrogens (tertiary/aromatic N) is 1. The molecule has 0 atom stereocenters. The third-order valence-corrected chi connectivity index (χ3v) is 3.46. The van der Waals surface area contributed by atoms with Gasteiger partial charge >= 0.3 is 0 Å². The summed E-state index contributed by atoms with van der Waals surface area (Å²) in [6, 6.07) is 4.31. The maximum Gasteiger partial charge on any atom is 0.268 e. The molecule has 1 aromatic carbocycles. The van der Waals surface area contributed by atoms with Gasteiger partial charge in [0.25, 0.3) is 5.56 Å². The van der Waals surface area contributed by atoms with Crippen LogP contribution in [-0.2, 0) is 0 Å². The van der Waals surface area contributed by atoms with Gasteiger partial charge < -0.3 is 9.72 Å². The Morgan fingerprint density at radius 2 is 2.24 bits per heavy atom. The van der Waals surface area contributed by atoms with Crippen LogP contribution in [0.1, 0.15) is 0 Å². The van der Waals surface area contributed by atoms with E-state index in [2.05, 4.69) is 25.9 Å². The quantitative estimate of drug-likeness (QED) is 0.774. The van der Waals surface area contributed by atoms with Crippen LogP contribution in [0.4, 0.5) is 4.39 Å². The first kappa shape index (κ1) is 12.5. The molecule has 1 heterocycles. The Kier molecular flexibility index (Phi) is 3.77. The van der Waals surface area contributed by atoms with Gasteiger partial charge in [0.15, 0.2) is 0 Å². The van der Waals surface area contributed by atoms with Crippen molar-refractivity contribution in [3.05, 3.63) is 48.7 Å². The molecule has 0 bridgehead atoms. The summed E-state index contributed by atoms with van der Waals surface area (Å²) < 4.78 is 19.2. The Balaban J connectivity index is 2.35. The normalized spacial score (nSPS) is 10.3. The Morgan fingerprint density at radius 3 is 2.94 bits per heavy atom. The van der Waals surface area contributed by atoms with E-state index in [1.807, 2.05) is 22.6 Å². The molecule has 88 valence electrons. The lowest BCUT2D eigenvalue weighted by Gasteiger charge is -2.05. The second-order valence-corrected chi connectivity index (χ2v) is 4.96. The third kappa shape index (κ3) is 2.83. The standard InChI is InChI=1S/C10H5BrFIN2O2/c11-6-2-1-5(3-7(6)12)17-10-8(13)9(16)14-4-15-10/h1-4H,(H,14,15,16). The Labute approximate surface area is 117 Å². The molecule has 1 N–H and O–H groups in total. The summed E-state index contributed by atoms with van der Waals surface area (Å²) in [6.07, 6.45) is 1.23. The lowest BCUT2D eigenvalue weighted by molar-refractivity contribution is 0.451. The molecule has 2 rings (SSSR count). The minimum absolute atomic E-state index is 0.149. The molecule has 0 saturated heterocycles. The van der Waals surface area contributed by atoms with Crippen LogP contribution in [0, 0.1) is 9.39 Å². The molecule has 0 saturated carbocycles. The zero-order chi connectivity index (χ0) is 12.4. The average molecular weight is 411 g/mol. The van der Waals surface area contributed by atoms with Gasteiger partial charge in [0.05, 0.1) is 10.8 Å². The number of halogens is 3. The van der Waals surface area contributed by atoms with Gasteiger partial charge in [0, 0.05) is 6.07 Å². The minimum Gasteiger partial charge on any atom is -0.438 e. The summed E-state index contributed by atoms with van der Waals surface area (Å²) in [4.78, 5) is 17.6. The Morgan fingerprint density at radius 1 is 1.47 bits per heavy atom. The second kappa shape index (κ2) is 5.13. The molecule has 17 heavy (non-hydrogen) atoms. The van der Waals surface area contributed by atoms with E-state index in [-0.39, 0.29) is 17.2 Å². The van der Waals surface area contributed by atoms with Crippen molar-refractivity contribution in [3.8, 4) is 11.6 Å². The van der Waals surface area contributed by atoms with E-state index in [0.717, 1.165) is 0 Å². The zero-order valence-corrected chi connectivity index (χ0v) is 12.0. The fraction of sp³-hybridized carbons (Fsp3) is 0. The van der Waals surface area contributed by atoms with Crippen LogP contribution in [0.2, 0.25) is 0 Å². The second-order valence-electron chi connectivity index (χ2n) is 3.03. The first-order chi connectivity index (χ1) is 8.08. The van der Waals surface area contributed by atoms with Crippen LogP contribution in [0.5, 0.6) is 11.6 Å². The van der Waals surface area contributed by atoms with Gasteiger partial charge in [0.2, 0.25) is 5.88 Å². The van der Waals surface area contributed by atoms with E-state index in [1.54, 1.807) is 6.07 Å². The van der Waals surface area contributed by atoms with Crippen LogP contribution in [0.3, 0.4) is 0 Å². The van der Waals surface area contributed by atoms with Crippen molar-refractivity contribution in [2.75, 3.05) is 0 Å². The van der Waals surface area contributed by atoms with E-state index >= 15 is 0 Å². The van der Waals surface area contributed by atoms with E-state index in [1.165, 1.54) is 18.5 Å². The van der Waals surface area contributed by atoms with Crippen molar-refractivity contribution < 1.29 is 9.13 Å². The molecule has 0 unspecified atom stereocenters. The highest BCUT2D eigenvalue weighted by molar-refractivity contribution is 14.1. The molecule has 0 aliphatic rings. The molecule has 0 radical (unpaired) electrons. The summed E-state index contributed by atoms with van der Waals surface area (Å²) >= 11 is 4.85. The minimum atomic E-state index is -0.442. The van der Waals surface area contributed by atoms with Gasteiger partial charge in [-0.05, 0) is 50.7 Å². The topological polar surface area (TPSA) is 55.0 Å². The number of hydrogen-bond acceptors (Lipinski definition) is 3. The molecule has 0 aliphatic heterocycles. The maximum atomic E-state index is 13.2. The molecule has 0 spiro atoms. The fourth-order valence-electron chi connectivity index (χ4n) is 1.09. The number of aromatic amines is 1. The molecule has 0 fully saturated rings. The largest absolute Gasteiger partial charge is 0.438 e. The van der Waals surface area contributed by atoms with Gasteiger partial charge in [0.1, 0.15) is 15.1 Å². The first-order valence-electron chi connectivity index (χ1n) is 4.44. The van der Waals surface area contributed by atoms with Gasteiger partial charge in [-0.1, -0.05) is 0 Å². The SMILES string of the molecule is O=c1[nH]cnc(Oc2ccc(Br)c(F)c2)c1I. The van der Waals surface area contributed by atoms with Crippen LogP contribution in [-0.4, -0.2) is 9.97 Å². The molecule has 4 nitrogen and oxygen atoms in total. The number of benzene rings is 1. The van der Waals surface area contributed by atoms with Crippen molar-refractivity contribution in [3.63, 3.8) is 0 Å². The number of rotatable bonds is 2. The van der Waals surface area contributed by atoms with E-state index in [0.29, 0.717) is 8.04 Å². The van der Waals surface area contributed by atoms with Crippen LogP contribution < -0.4 is 10.3 Å². The van der Waals surface area contributed by atoms with Gasteiger partial charge in [-0.25, -0.2) is 9.37 Å². The Hall–Kier alpha value is -0.960. The van der Waals surface area contributed by atoms with E-state index in [9.17, 15) is 9.18 Å². The molecular formula is C10H5BrFIN2O2. The lowest BCUT2D eigenvalue weighted by atomic mass is 10.3. The summed E-state index contributed by atoms with van der Waals surface area (Å²) in [5.41, 5.74) is -0.298. The first-order valence-corrected chi connectivity index (χ1v) is 6.31. The molecule has 1 aromatic heterocycles. The maximum absolute atomic E-state index is 13.2. The van der Waals surface area contributed by atoms with Crippen molar-refractivity contribution in [1.29, 1.82) is 0 Å². The molecule has 0 amide bonds. The predicted octanol–water partition coefficient (Wildman–Crippen LogP) is 3.07. The summed E-state index contributed by atoms with van der Waals surface area (Å²) in [6.45, 7) is 0. The van der Waals surface area contributed by atoms with Crippen molar-refractivity contribution in [1.82, 2.24) is 9.97 Å². The number of nitrogens with one attached hydrogen (secondary N) is 1. The van der Waals surface area contributed by atoms with Crippen molar-refractivity contribution in [2.45, 2.75) is 0 Å². The summed E-state index contributed by atoms with van der Waals surface area (Å²) in [5, 5.41) is 0. The average Bonchev–Trinajstić information content (AvgIpc) is 2.30. The van der Waals surface area contributed by atoms with Gasteiger partial charge in [-0.15, -0.1) is 0 Å². The van der Waals surface area contributed by atoms with Crippen LogP contribution in [0.25, 0.3) is 0 Å². The number of hydrogen-bond donors (Lipinski definition) is 1. The zero-order valence-electron chi connectivity index (χ0n) is 8.21. The predicted molar refractivity (Wildman–Crippen MR) is 71.7 cm³/mol. The molecule has 2 aromatic rings. The van der Waals surface area contributed by atoms with Crippen molar-refractivity contribution in [2.24, 2.45) is 0 Å². The number of H-pyrrole nitrogens is 1.